The van der Waals surface area contributed by atoms with Crippen molar-refractivity contribution in [1.29, 1.82) is 0 Å². The van der Waals surface area contributed by atoms with E-state index in [1.54, 1.807) is 0 Å². The number of hydrogen-bond donors (Lipinski definition) is 1. The third-order valence-corrected chi connectivity index (χ3v) is 5.26. The molecule has 0 heterocycles. The average molecular weight is 477 g/mol. The summed E-state index contributed by atoms with van der Waals surface area (Å²) in [6.07, 6.45) is 38.1. The minimum atomic E-state index is -0.180. The summed E-state index contributed by atoms with van der Waals surface area (Å²) in [7, 11) is 0. The van der Waals surface area contributed by atoms with Crippen LogP contribution in [0.3, 0.4) is 0 Å². The van der Waals surface area contributed by atoms with Gasteiger partial charge in [0.2, 0.25) is 0 Å². The molecule has 0 saturated heterocycles. The molecule has 0 radical (unpaired) electrons. The maximum atomic E-state index is 10.5. The zero-order chi connectivity index (χ0) is 25.4. The lowest BCUT2D eigenvalue weighted by Gasteiger charge is -1.99. The molecule has 0 aromatic carbocycles. The number of aliphatic hydroxyl groups is 1. The molecule has 0 aromatic rings. The van der Waals surface area contributed by atoms with Crippen LogP contribution in [0.5, 0.6) is 0 Å². The van der Waals surface area contributed by atoms with E-state index < -0.39 is 0 Å². The van der Waals surface area contributed by atoms with E-state index in [2.05, 4.69) is 62.5 Å². The van der Waals surface area contributed by atoms with Crippen LogP contribution in [0.25, 0.3) is 0 Å². The Labute approximate surface area is 212 Å². The number of rotatable bonds is 22. The molecule has 0 bridgehead atoms. The van der Waals surface area contributed by atoms with Gasteiger partial charge in [-0.05, 0) is 64.2 Å². The molecule has 0 spiro atoms. The summed E-state index contributed by atoms with van der Waals surface area (Å²) in [6, 6.07) is 0. The summed E-state index contributed by atoms with van der Waals surface area (Å²) >= 11 is 0. The Hall–Kier alpha value is -1.61. The Bertz CT molecular complexity index is 503. The SMILES string of the molecule is CCCCC/C=C\CC/C=C\C=C\CCCO.CCCCCCCC/C=C/CCCOC(C)=O. The van der Waals surface area contributed by atoms with E-state index in [1.165, 1.54) is 77.6 Å². The van der Waals surface area contributed by atoms with Gasteiger partial charge in [0, 0.05) is 13.5 Å². The largest absolute Gasteiger partial charge is 0.466 e. The molecule has 0 aromatic heterocycles. The summed E-state index contributed by atoms with van der Waals surface area (Å²) in [5, 5.41) is 8.58. The van der Waals surface area contributed by atoms with E-state index in [4.69, 9.17) is 9.84 Å². The smallest absolute Gasteiger partial charge is 0.302 e. The monoisotopic (exact) mass is 476 g/mol. The molecule has 0 saturated carbocycles. The van der Waals surface area contributed by atoms with E-state index in [-0.39, 0.29) is 12.6 Å². The van der Waals surface area contributed by atoms with Crippen LogP contribution in [0.15, 0.2) is 48.6 Å². The number of aliphatic hydroxyl groups excluding tert-OH is 1. The molecular weight excluding hydrogens is 420 g/mol. The second kappa shape index (κ2) is 33.6. The summed E-state index contributed by atoms with van der Waals surface area (Å²) in [5.41, 5.74) is 0. The molecule has 0 rings (SSSR count). The Kier molecular flexibility index (Phi) is 34.1. The summed E-state index contributed by atoms with van der Waals surface area (Å²) < 4.78 is 4.85. The van der Waals surface area contributed by atoms with Crippen LogP contribution in [-0.4, -0.2) is 24.3 Å². The number of hydrogen-bond acceptors (Lipinski definition) is 3. The normalized spacial score (nSPS) is 11.6. The van der Waals surface area contributed by atoms with Crippen molar-refractivity contribution in [2.45, 2.75) is 130 Å². The van der Waals surface area contributed by atoms with Crippen LogP contribution in [0.2, 0.25) is 0 Å². The maximum Gasteiger partial charge on any atom is 0.302 e. The predicted molar refractivity (Wildman–Crippen MR) is 150 cm³/mol. The van der Waals surface area contributed by atoms with E-state index >= 15 is 0 Å². The van der Waals surface area contributed by atoms with Gasteiger partial charge in [0.25, 0.3) is 0 Å². The van der Waals surface area contributed by atoms with Crippen LogP contribution >= 0.6 is 0 Å². The first-order chi connectivity index (χ1) is 16.7. The Morgan fingerprint density at radius 3 is 1.65 bits per heavy atom. The molecule has 0 aliphatic rings. The van der Waals surface area contributed by atoms with Crippen molar-refractivity contribution in [1.82, 2.24) is 0 Å². The first-order valence-corrected chi connectivity index (χ1v) is 14.0. The molecule has 198 valence electrons. The highest BCUT2D eigenvalue weighted by Gasteiger charge is 1.91. The number of carbonyl (C=O) groups is 1. The van der Waals surface area contributed by atoms with Gasteiger partial charge in [-0.25, -0.2) is 0 Å². The van der Waals surface area contributed by atoms with Gasteiger partial charge in [0.15, 0.2) is 0 Å². The van der Waals surface area contributed by atoms with E-state index in [9.17, 15) is 4.79 Å². The van der Waals surface area contributed by atoms with Crippen LogP contribution < -0.4 is 0 Å². The second-order valence-electron chi connectivity index (χ2n) is 8.78. The van der Waals surface area contributed by atoms with Crippen molar-refractivity contribution < 1.29 is 14.6 Å². The van der Waals surface area contributed by atoms with Gasteiger partial charge in [-0.1, -0.05) is 107 Å². The number of esters is 1. The molecule has 3 heteroatoms. The molecule has 3 nitrogen and oxygen atoms in total. The quantitative estimate of drug-likeness (QED) is 0.0732. The summed E-state index contributed by atoms with van der Waals surface area (Å²) in [5.74, 6) is -0.180. The predicted octanol–water partition coefficient (Wildman–Crippen LogP) is 9.42. The summed E-state index contributed by atoms with van der Waals surface area (Å²) in [4.78, 5) is 10.5. The fourth-order valence-corrected chi connectivity index (χ4v) is 3.19. The number of unbranched alkanes of at least 4 members (excludes halogenated alkanes) is 12. The van der Waals surface area contributed by atoms with Crippen LogP contribution in [-0.2, 0) is 9.53 Å². The van der Waals surface area contributed by atoms with E-state index in [0.717, 1.165) is 38.5 Å². The van der Waals surface area contributed by atoms with Crippen LogP contribution in [0.4, 0.5) is 0 Å². The Morgan fingerprint density at radius 1 is 0.588 bits per heavy atom. The van der Waals surface area contributed by atoms with Crippen LogP contribution in [0, 0.1) is 0 Å². The highest BCUT2D eigenvalue weighted by Crippen LogP contribution is 2.07. The van der Waals surface area contributed by atoms with Gasteiger partial charge >= 0.3 is 5.97 Å². The number of allylic oxidation sites excluding steroid dienone is 8. The van der Waals surface area contributed by atoms with Gasteiger partial charge in [-0.15, -0.1) is 0 Å². The highest BCUT2D eigenvalue weighted by atomic mass is 16.5. The molecule has 0 aliphatic heterocycles. The van der Waals surface area contributed by atoms with Crippen molar-refractivity contribution in [3.05, 3.63) is 48.6 Å². The molecule has 34 heavy (non-hydrogen) atoms. The lowest BCUT2D eigenvalue weighted by molar-refractivity contribution is -0.141. The van der Waals surface area contributed by atoms with Gasteiger partial charge in [0.05, 0.1) is 6.61 Å². The average Bonchev–Trinajstić information content (AvgIpc) is 2.83. The second-order valence-corrected chi connectivity index (χ2v) is 8.78. The zero-order valence-electron chi connectivity index (χ0n) is 22.8. The van der Waals surface area contributed by atoms with Crippen molar-refractivity contribution in [2.75, 3.05) is 13.2 Å². The molecule has 0 unspecified atom stereocenters. The van der Waals surface area contributed by atoms with Crippen LogP contribution in [0.1, 0.15) is 130 Å². The lowest BCUT2D eigenvalue weighted by Crippen LogP contribution is -1.99. The Morgan fingerprint density at radius 2 is 1.03 bits per heavy atom. The highest BCUT2D eigenvalue weighted by molar-refractivity contribution is 5.65. The Balaban J connectivity index is 0. The fraction of sp³-hybridized carbons (Fsp3) is 0.710. The van der Waals surface area contributed by atoms with Crippen molar-refractivity contribution in [3.8, 4) is 0 Å². The zero-order valence-corrected chi connectivity index (χ0v) is 22.8. The van der Waals surface area contributed by atoms with E-state index in [1.807, 2.05) is 0 Å². The van der Waals surface area contributed by atoms with Crippen molar-refractivity contribution in [3.63, 3.8) is 0 Å². The van der Waals surface area contributed by atoms with Gasteiger partial charge in [-0.3, -0.25) is 4.79 Å². The first kappa shape index (κ1) is 34.6. The standard InChI is InChI=1S/C16H28O.C15H28O2/c1-2-3-4-5-6-7-8-9-10-11-12-13-14-15-16-17;1-3-4-5-6-7-8-9-10-11-12-13-14-17-15(2)16/h6-7,10-13,17H,2-5,8-9,14-16H2,1H3;10-11H,3-9,12-14H2,1-2H3/b7-6-,11-10-,13-12+;11-10+. The minimum Gasteiger partial charge on any atom is -0.466 e. The van der Waals surface area contributed by atoms with Crippen molar-refractivity contribution in [2.24, 2.45) is 0 Å². The topological polar surface area (TPSA) is 46.5 Å². The molecule has 0 atom stereocenters. The molecule has 0 fully saturated rings. The van der Waals surface area contributed by atoms with Crippen molar-refractivity contribution >= 4 is 5.97 Å². The van der Waals surface area contributed by atoms with E-state index in [0.29, 0.717) is 6.61 Å². The number of ether oxygens (including phenoxy) is 1. The minimum absolute atomic E-state index is 0.180. The molecular formula is C31H56O3. The molecule has 0 amide bonds. The third kappa shape index (κ3) is 37.7. The fourth-order valence-electron chi connectivity index (χ4n) is 3.19. The first-order valence-electron chi connectivity index (χ1n) is 14.0. The maximum absolute atomic E-state index is 10.5. The van der Waals surface area contributed by atoms with Gasteiger partial charge < -0.3 is 9.84 Å². The molecule has 1 N–H and O–H groups in total. The van der Waals surface area contributed by atoms with Gasteiger partial charge in [0.1, 0.15) is 0 Å². The lowest BCUT2D eigenvalue weighted by atomic mass is 10.1. The molecule has 0 aliphatic carbocycles. The third-order valence-electron chi connectivity index (χ3n) is 5.26. The number of carbonyl (C=O) groups excluding carboxylic acids is 1. The van der Waals surface area contributed by atoms with Gasteiger partial charge in [-0.2, -0.15) is 0 Å². The summed E-state index contributed by atoms with van der Waals surface area (Å²) in [6.45, 7) is 6.78.